The Morgan fingerprint density at radius 2 is 1.89 bits per heavy atom. The number of amides is 2. The fourth-order valence-corrected chi connectivity index (χ4v) is 3.84. The lowest BCUT2D eigenvalue weighted by Gasteiger charge is -2.16. The molecule has 1 aromatic heterocycles. The normalized spacial score (nSPS) is 15.6. The van der Waals surface area contributed by atoms with Gasteiger partial charge in [-0.3, -0.25) is 9.59 Å². The highest BCUT2D eigenvalue weighted by Crippen LogP contribution is 2.42. The highest BCUT2D eigenvalue weighted by atomic mass is 19.1. The van der Waals surface area contributed by atoms with Crippen molar-refractivity contribution in [2.45, 2.75) is 51.0 Å². The topological polar surface area (TPSA) is 159 Å². The molecule has 4 rings (SSSR count). The van der Waals surface area contributed by atoms with Gasteiger partial charge in [0.15, 0.2) is 5.82 Å². The van der Waals surface area contributed by atoms with Crippen molar-refractivity contribution >= 4 is 24.1 Å². The average Bonchev–Trinajstić information content (AvgIpc) is 3.81. The number of nitrogens with one attached hydrogen (secondary N) is 1. The third kappa shape index (κ3) is 9.30. The summed E-state index contributed by atoms with van der Waals surface area (Å²) in [7, 11) is 1.75. The minimum Gasteiger partial charge on any atom is -0.405 e. The molecule has 0 radical (unpaired) electrons. The van der Waals surface area contributed by atoms with Gasteiger partial charge in [-0.15, -0.1) is 0 Å². The number of rotatable bonds is 10. The third-order valence-corrected chi connectivity index (χ3v) is 6.28. The van der Waals surface area contributed by atoms with Gasteiger partial charge >= 0.3 is 0 Å². The van der Waals surface area contributed by atoms with Gasteiger partial charge < -0.3 is 27.3 Å². The van der Waals surface area contributed by atoms with Crippen LogP contribution in [0.5, 0.6) is 0 Å². The molecule has 2 aliphatic rings. The Balaban J connectivity index is 0.000000733. The number of ether oxygens (including phenoxy) is 1. The van der Waals surface area contributed by atoms with E-state index < -0.39 is 0 Å². The zero-order valence-corrected chi connectivity index (χ0v) is 21.5. The van der Waals surface area contributed by atoms with Gasteiger partial charge in [-0.05, 0) is 87.4 Å². The van der Waals surface area contributed by atoms with Crippen molar-refractivity contribution in [2.75, 3.05) is 19.0 Å². The molecule has 0 unspecified atom stereocenters. The number of nitrogens with two attached hydrogens (primary N) is 3. The lowest BCUT2D eigenvalue weighted by atomic mass is 10.0. The first-order valence-corrected chi connectivity index (χ1v) is 12.2. The molecule has 37 heavy (non-hydrogen) atoms. The zero-order valence-electron chi connectivity index (χ0n) is 21.5. The standard InChI is InChI=1S/C25H31FN4O.2CH3NO/c1-17-15-21(26)23(28-14-11-25(31-2)9-10-25)16-20(17)22-8-13-29-24(30-22)19(7-12-27)6-5-18-3-4-18;2*2-1-3/h6-8,12-13,15-16,18,28H,3-5,9-11,14,27H2,1-2H3;2*1H,(H2,2,3)/b12-7-,19-6+;;. The number of hydrogen-bond acceptors (Lipinski definition) is 7. The van der Waals surface area contributed by atoms with Gasteiger partial charge in [0.05, 0.1) is 17.0 Å². The lowest BCUT2D eigenvalue weighted by Crippen LogP contribution is -2.17. The summed E-state index contributed by atoms with van der Waals surface area (Å²) in [4.78, 5) is 26.4. The number of anilines is 1. The van der Waals surface area contributed by atoms with E-state index in [-0.39, 0.29) is 24.2 Å². The van der Waals surface area contributed by atoms with Gasteiger partial charge in [-0.1, -0.05) is 6.08 Å². The second kappa shape index (κ2) is 14.7. The van der Waals surface area contributed by atoms with Gasteiger partial charge in [0.1, 0.15) is 5.82 Å². The Kier molecular flexibility index (Phi) is 11.7. The summed E-state index contributed by atoms with van der Waals surface area (Å²) in [6.45, 7) is 2.56. The number of allylic oxidation sites excluding steroid dienone is 3. The van der Waals surface area contributed by atoms with Crippen LogP contribution >= 0.6 is 0 Å². The second-order valence-corrected chi connectivity index (χ2v) is 8.95. The maximum Gasteiger partial charge on any atom is 0.204 e. The minimum atomic E-state index is -0.256. The molecule has 0 saturated heterocycles. The largest absolute Gasteiger partial charge is 0.405 e. The van der Waals surface area contributed by atoms with Gasteiger partial charge in [0.2, 0.25) is 12.8 Å². The maximum absolute atomic E-state index is 14.6. The van der Waals surface area contributed by atoms with Crippen LogP contribution in [0.25, 0.3) is 16.8 Å². The van der Waals surface area contributed by atoms with E-state index in [9.17, 15) is 4.39 Å². The molecule has 0 spiro atoms. The summed E-state index contributed by atoms with van der Waals surface area (Å²) in [6, 6.07) is 5.27. The maximum atomic E-state index is 14.6. The Labute approximate surface area is 217 Å². The summed E-state index contributed by atoms with van der Waals surface area (Å²) in [6.07, 6.45) is 14.4. The molecule has 2 saturated carbocycles. The number of benzene rings is 1. The van der Waals surface area contributed by atoms with Crippen LogP contribution in [0, 0.1) is 18.7 Å². The van der Waals surface area contributed by atoms with Crippen LogP contribution in [0.4, 0.5) is 10.1 Å². The number of nitrogens with zero attached hydrogens (tertiary/aromatic N) is 2. The van der Waals surface area contributed by atoms with Crippen LogP contribution in [0.1, 0.15) is 49.9 Å². The predicted molar refractivity (Wildman–Crippen MR) is 143 cm³/mol. The van der Waals surface area contributed by atoms with Crippen LogP contribution in [0.2, 0.25) is 0 Å². The zero-order chi connectivity index (χ0) is 27.3. The molecule has 2 fully saturated rings. The predicted octanol–water partition coefficient (Wildman–Crippen LogP) is 3.43. The summed E-state index contributed by atoms with van der Waals surface area (Å²) in [5.74, 6) is 1.15. The first kappa shape index (κ1) is 29.4. The fourth-order valence-electron chi connectivity index (χ4n) is 3.84. The molecule has 2 amide bonds. The smallest absolute Gasteiger partial charge is 0.204 e. The quantitative estimate of drug-likeness (QED) is 0.280. The Morgan fingerprint density at radius 1 is 1.22 bits per heavy atom. The van der Waals surface area contributed by atoms with Crippen molar-refractivity contribution in [2.24, 2.45) is 23.1 Å². The van der Waals surface area contributed by atoms with E-state index in [0.29, 0.717) is 18.1 Å². The molecule has 0 aliphatic heterocycles. The van der Waals surface area contributed by atoms with E-state index in [1.165, 1.54) is 19.0 Å². The van der Waals surface area contributed by atoms with Crippen molar-refractivity contribution in [1.29, 1.82) is 0 Å². The van der Waals surface area contributed by atoms with Crippen LogP contribution in [-0.2, 0) is 14.3 Å². The molecule has 2 aromatic rings. The second-order valence-electron chi connectivity index (χ2n) is 8.95. The number of primary amides is 2. The van der Waals surface area contributed by atoms with E-state index >= 15 is 0 Å². The van der Waals surface area contributed by atoms with Crippen molar-refractivity contribution < 1.29 is 18.7 Å². The number of aryl methyl sites for hydroxylation is 1. The molecule has 1 heterocycles. The number of carbonyl (C=O) groups is 2. The molecule has 0 atom stereocenters. The lowest BCUT2D eigenvalue weighted by molar-refractivity contribution is -0.107. The highest BCUT2D eigenvalue weighted by Gasteiger charge is 2.42. The van der Waals surface area contributed by atoms with Crippen LogP contribution in [0.3, 0.4) is 0 Å². The van der Waals surface area contributed by atoms with E-state index in [0.717, 1.165) is 54.0 Å². The van der Waals surface area contributed by atoms with Crippen LogP contribution < -0.4 is 22.5 Å². The van der Waals surface area contributed by atoms with Crippen molar-refractivity contribution in [3.8, 4) is 11.3 Å². The van der Waals surface area contributed by atoms with E-state index in [2.05, 4.69) is 27.8 Å². The molecule has 2 aliphatic carbocycles. The summed E-state index contributed by atoms with van der Waals surface area (Å²) in [5, 5.41) is 3.24. The first-order valence-electron chi connectivity index (χ1n) is 12.2. The number of aromatic nitrogens is 2. The molecule has 200 valence electrons. The Hall–Kier alpha value is -3.79. The molecular weight excluding hydrogens is 475 g/mol. The molecule has 9 nitrogen and oxygen atoms in total. The third-order valence-electron chi connectivity index (χ3n) is 6.28. The van der Waals surface area contributed by atoms with Crippen molar-refractivity contribution in [3.05, 3.63) is 60.0 Å². The van der Waals surface area contributed by atoms with Gasteiger partial charge in [0.25, 0.3) is 0 Å². The summed E-state index contributed by atoms with van der Waals surface area (Å²) < 4.78 is 20.1. The molecule has 10 heteroatoms. The number of methoxy groups -OCH3 is 1. The Bertz CT molecular complexity index is 1090. The average molecular weight is 513 g/mol. The van der Waals surface area contributed by atoms with E-state index in [1.54, 1.807) is 19.4 Å². The summed E-state index contributed by atoms with van der Waals surface area (Å²) in [5.41, 5.74) is 17.9. The number of halogens is 1. The molecular formula is C27H37FN6O3. The first-order chi connectivity index (χ1) is 17.9. The van der Waals surface area contributed by atoms with Crippen LogP contribution in [0.15, 0.2) is 42.7 Å². The van der Waals surface area contributed by atoms with Gasteiger partial charge in [0, 0.05) is 31.0 Å². The molecule has 0 bridgehead atoms. The number of hydrogen-bond donors (Lipinski definition) is 4. The number of carbonyl (C=O) groups excluding carboxylic acids is 2. The van der Waals surface area contributed by atoms with Crippen molar-refractivity contribution in [1.82, 2.24) is 9.97 Å². The van der Waals surface area contributed by atoms with E-state index in [1.807, 2.05) is 25.1 Å². The fraction of sp³-hybridized carbons (Fsp3) is 0.407. The summed E-state index contributed by atoms with van der Waals surface area (Å²) >= 11 is 0. The van der Waals surface area contributed by atoms with Gasteiger partial charge in [-0.25, -0.2) is 14.4 Å². The molecule has 1 aromatic carbocycles. The highest BCUT2D eigenvalue weighted by molar-refractivity contribution is 5.73. The van der Waals surface area contributed by atoms with Crippen LogP contribution in [-0.4, -0.2) is 42.0 Å². The monoisotopic (exact) mass is 512 g/mol. The minimum absolute atomic E-state index is 0.0156. The Morgan fingerprint density at radius 3 is 2.46 bits per heavy atom. The SMILES string of the molecule is COC1(CCNc2cc(-c3ccnc(C(/C=C\N)=C/CC4CC4)n3)c(C)cc2F)CC1.NC=O.NC=O. The van der Waals surface area contributed by atoms with Crippen molar-refractivity contribution in [3.63, 3.8) is 0 Å². The van der Waals surface area contributed by atoms with E-state index in [4.69, 9.17) is 25.0 Å². The molecule has 7 N–H and O–H groups in total. The van der Waals surface area contributed by atoms with Gasteiger partial charge in [-0.2, -0.15) is 0 Å².